The van der Waals surface area contributed by atoms with Crippen molar-refractivity contribution >= 4 is 17.4 Å². The first kappa shape index (κ1) is 18.0. The summed E-state index contributed by atoms with van der Waals surface area (Å²) in [6.45, 7) is 5.50. The molecule has 0 bridgehead atoms. The molecule has 0 aliphatic heterocycles. The van der Waals surface area contributed by atoms with Crippen LogP contribution < -0.4 is 10.2 Å². The van der Waals surface area contributed by atoms with Crippen molar-refractivity contribution in [2.45, 2.75) is 46.0 Å². The van der Waals surface area contributed by atoms with E-state index in [1.807, 2.05) is 20.8 Å². The molecule has 0 aromatic carbocycles. The molecular weight excluding hydrogens is 303 g/mol. The molecule has 0 aliphatic carbocycles. The largest absolute Gasteiger partial charge is 0.405 e. The number of hydrogen-bond acceptors (Lipinski definition) is 3. The number of anilines is 1. The van der Waals surface area contributed by atoms with E-state index in [1.54, 1.807) is 6.07 Å². The zero-order valence-electron chi connectivity index (χ0n) is 12.5. The van der Waals surface area contributed by atoms with Gasteiger partial charge in [-0.2, -0.15) is 13.2 Å². The van der Waals surface area contributed by atoms with Crippen LogP contribution in [0.15, 0.2) is 12.1 Å². The van der Waals surface area contributed by atoms with E-state index in [9.17, 15) is 13.2 Å². The number of nitrogens with one attached hydrogen (secondary N) is 1. The molecule has 0 saturated carbocycles. The van der Waals surface area contributed by atoms with Gasteiger partial charge < -0.3 is 10.2 Å². The zero-order chi connectivity index (χ0) is 16.0. The van der Waals surface area contributed by atoms with E-state index < -0.39 is 12.7 Å². The predicted octanol–water partition coefficient (Wildman–Crippen LogP) is 4.01. The van der Waals surface area contributed by atoms with Crippen molar-refractivity contribution in [1.82, 2.24) is 10.3 Å². The average Bonchev–Trinajstić information content (AvgIpc) is 2.35. The zero-order valence-corrected chi connectivity index (χ0v) is 13.2. The molecule has 1 heterocycles. The van der Waals surface area contributed by atoms with Gasteiger partial charge in [0, 0.05) is 19.1 Å². The maximum Gasteiger partial charge on any atom is 0.405 e. The third kappa shape index (κ3) is 6.52. The van der Waals surface area contributed by atoms with E-state index in [0.29, 0.717) is 36.0 Å². The fourth-order valence-corrected chi connectivity index (χ4v) is 2.01. The third-order valence-electron chi connectivity index (χ3n) is 2.77. The van der Waals surface area contributed by atoms with Gasteiger partial charge in [-0.05, 0) is 18.6 Å². The Morgan fingerprint density at radius 2 is 2.00 bits per heavy atom. The lowest BCUT2D eigenvalue weighted by Crippen LogP contribution is -2.35. The Hall–Kier alpha value is -1.01. The normalized spacial score (nSPS) is 12.0. The summed E-state index contributed by atoms with van der Waals surface area (Å²) in [5, 5.41) is 3.62. The Labute approximate surface area is 128 Å². The second-order valence-corrected chi connectivity index (χ2v) is 5.58. The van der Waals surface area contributed by atoms with Crippen LogP contribution >= 0.6 is 11.6 Å². The fourth-order valence-electron chi connectivity index (χ4n) is 1.83. The molecule has 0 fully saturated rings. The van der Waals surface area contributed by atoms with Crippen molar-refractivity contribution in [2.24, 2.45) is 0 Å². The summed E-state index contributed by atoms with van der Waals surface area (Å²) in [5.41, 5.74) is 0.561. The van der Waals surface area contributed by atoms with Gasteiger partial charge in [-0.1, -0.05) is 32.4 Å². The van der Waals surface area contributed by atoms with Crippen LogP contribution in [0, 0.1) is 0 Å². The number of aromatic nitrogens is 1. The van der Waals surface area contributed by atoms with Crippen LogP contribution in [0.25, 0.3) is 0 Å². The lowest BCUT2D eigenvalue weighted by molar-refractivity contribution is -0.119. The summed E-state index contributed by atoms with van der Waals surface area (Å²) in [6, 6.07) is 3.37. The van der Waals surface area contributed by atoms with Crippen molar-refractivity contribution in [2.75, 3.05) is 18.0 Å². The average molecular weight is 324 g/mol. The molecule has 21 heavy (non-hydrogen) atoms. The van der Waals surface area contributed by atoms with Crippen LogP contribution in [-0.2, 0) is 6.54 Å². The van der Waals surface area contributed by atoms with Gasteiger partial charge in [0.05, 0.1) is 10.7 Å². The lowest BCUT2D eigenvalue weighted by Gasteiger charge is -2.25. The van der Waals surface area contributed by atoms with Crippen LogP contribution in [0.4, 0.5) is 19.0 Å². The molecule has 0 unspecified atom stereocenters. The number of rotatable bonds is 7. The molecule has 0 aliphatic rings. The maximum absolute atomic E-state index is 12.6. The van der Waals surface area contributed by atoms with Gasteiger partial charge in [0.15, 0.2) is 0 Å². The minimum atomic E-state index is -4.26. The maximum atomic E-state index is 12.6. The molecule has 7 heteroatoms. The smallest absolute Gasteiger partial charge is 0.348 e. The van der Waals surface area contributed by atoms with Gasteiger partial charge >= 0.3 is 6.18 Å². The summed E-state index contributed by atoms with van der Waals surface area (Å²) in [7, 11) is 0. The van der Waals surface area contributed by atoms with Crippen molar-refractivity contribution in [1.29, 1.82) is 0 Å². The number of nitrogens with zero attached hydrogens (tertiary/aromatic N) is 2. The SMILES string of the molecule is CCCN(CC(F)(F)F)c1ccc(Cl)c(CNC(C)C)n1. The topological polar surface area (TPSA) is 28.2 Å². The molecule has 1 rings (SSSR count). The molecule has 0 radical (unpaired) electrons. The van der Waals surface area contributed by atoms with Gasteiger partial charge in [0.1, 0.15) is 12.4 Å². The Morgan fingerprint density at radius 1 is 1.33 bits per heavy atom. The molecule has 0 amide bonds. The highest BCUT2D eigenvalue weighted by Gasteiger charge is 2.31. The standard InChI is InChI=1S/C14H21ClF3N3/c1-4-7-21(9-14(16,17)18)13-6-5-11(15)12(20-13)8-19-10(2)3/h5-6,10,19H,4,7-9H2,1-3H3. The van der Waals surface area contributed by atoms with Crippen LogP contribution in [0.2, 0.25) is 5.02 Å². The van der Waals surface area contributed by atoms with E-state index in [4.69, 9.17) is 11.6 Å². The second-order valence-electron chi connectivity index (χ2n) is 5.17. The lowest BCUT2D eigenvalue weighted by atomic mass is 10.3. The number of pyridine rings is 1. The van der Waals surface area contributed by atoms with Crippen molar-refractivity contribution in [3.63, 3.8) is 0 Å². The predicted molar refractivity (Wildman–Crippen MR) is 79.8 cm³/mol. The van der Waals surface area contributed by atoms with Crippen LogP contribution in [0.1, 0.15) is 32.9 Å². The minimum absolute atomic E-state index is 0.244. The number of halogens is 4. The van der Waals surface area contributed by atoms with Gasteiger partial charge in [-0.15, -0.1) is 0 Å². The molecule has 3 nitrogen and oxygen atoms in total. The molecule has 0 atom stereocenters. The Morgan fingerprint density at radius 3 is 2.52 bits per heavy atom. The van der Waals surface area contributed by atoms with Gasteiger partial charge in [0.2, 0.25) is 0 Å². The number of alkyl halides is 3. The van der Waals surface area contributed by atoms with Crippen molar-refractivity contribution < 1.29 is 13.2 Å². The van der Waals surface area contributed by atoms with E-state index in [2.05, 4.69) is 10.3 Å². The monoisotopic (exact) mass is 323 g/mol. The van der Waals surface area contributed by atoms with Crippen molar-refractivity contribution in [3.8, 4) is 0 Å². The van der Waals surface area contributed by atoms with E-state index in [1.165, 1.54) is 11.0 Å². The highest BCUT2D eigenvalue weighted by molar-refractivity contribution is 6.31. The summed E-state index contributed by atoms with van der Waals surface area (Å²) >= 11 is 6.05. The fraction of sp³-hybridized carbons (Fsp3) is 0.643. The molecule has 120 valence electrons. The van der Waals surface area contributed by atoms with Crippen LogP contribution in [-0.4, -0.2) is 30.3 Å². The summed E-state index contributed by atoms with van der Waals surface area (Å²) in [6.07, 6.45) is -3.65. The van der Waals surface area contributed by atoms with Crippen LogP contribution in [0.5, 0.6) is 0 Å². The van der Waals surface area contributed by atoms with E-state index in [-0.39, 0.29) is 6.04 Å². The van der Waals surface area contributed by atoms with Crippen LogP contribution in [0.3, 0.4) is 0 Å². The highest BCUT2D eigenvalue weighted by atomic mass is 35.5. The number of hydrogen-bond donors (Lipinski definition) is 1. The molecule has 1 aromatic rings. The summed E-state index contributed by atoms with van der Waals surface area (Å²) in [5.74, 6) is 0.305. The van der Waals surface area contributed by atoms with Gasteiger partial charge in [-0.25, -0.2) is 4.98 Å². The quantitative estimate of drug-likeness (QED) is 0.821. The Bertz CT molecular complexity index is 450. The molecule has 0 saturated heterocycles. The third-order valence-corrected chi connectivity index (χ3v) is 3.11. The first-order valence-corrected chi connectivity index (χ1v) is 7.31. The summed E-state index contributed by atoms with van der Waals surface area (Å²) < 4.78 is 37.9. The summed E-state index contributed by atoms with van der Waals surface area (Å²) in [4.78, 5) is 5.51. The molecule has 1 aromatic heterocycles. The first-order valence-electron chi connectivity index (χ1n) is 6.93. The van der Waals surface area contributed by atoms with E-state index >= 15 is 0 Å². The Kier molecular flexibility index (Phi) is 6.74. The minimum Gasteiger partial charge on any atom is -0.348 e. The van der Waals surface area contributed by atoms with Gasteiger partial charge in [-0.3, -0.25) is 0 Å². The molecular formula is C14H21ClF3N3. The highest BCUT2D eigenvalue weighted by Crippen LogP contribution is 2.24. The van der Waals surface area contributed by atoms with E-state index in [0.717, 1.165) is 0 Å². The molecule has 1 N–H and O–H groups in total. The van der Waals surface area contributed by atoms with Gasteiger partial charge in [0.25, 0.3) is 0 Å². The first-order chi connectivity index (χ1) is 9.73. The second kappa shape index (κ2) is 7.84. The molecule has 0 spiro atoms. The van der Waals surface area contributed by atoms with Crippen molar-refractivity contribution in [3.05, 3.63) is 22.8 Å². The Balaban J connectivity index is 2.95.